The van der Waals surface area contributed by atoms with Gasteiger partial charge in [0.1, 0.15) is 12.7 Å². The third-order valence-electron chi connectivity index (χ3n) is 9.46. The molecule has 11 heteroatoms. The van der Waals surface area contributed by atoms with E-state index < -0.39 is 51.8 Å². The molecule has 0 amide bonds. The maximum atomic E-state index is 12.6. The first-order chi connectivity index (χ1) is 27.7. The van der Waals surface area contributed by atoms with Gasteiger partial charge in [-0.15, -0.1) is 0 Å². The lowest BCUT2D eigenvalue weighted by molar-refractivity contribution is -0.161. The number of ether oxygens (including phenoxy) is 2. The van der Waals surface area contributed by atoms with Gasteiger partial charge in [0.05, 0.1) is 19.8 Å². The molecule has 0 heterocycles. The standard InChI is InChI=1S/C46H83O10P/c1-3-5-7-9-11-13-15-17-19-20-21-22-24-25-27-29-31-33-35-37-45(49)53-41-44(42-55-57(51,52)54-40-43(48)39-47)56-46(50)38-36-34-32-30-28-26-23-18-16-14-12-10-8-6-4-2/h11-14,17-19,23,43-44,47-48H,3-10,15-16,20-22,24-42H2,1-2H3,(H,51,52)/b13-11-,14-12-,19-17-,23-18-/t43-,44+/m0/s1. The molecular weight excluding hydrogens is 743 g/mol. The van der Waals surface area contributed by atoms with E-state index in [1.54, 1.807) is 0 Å². The maximum absolute atomic E-state index is 12.6. The fraction of sp³-hybridized carbons (Fsp3) is 0.783. The summed E-state index contributed by atoms with van der Waals surface area (Å²) in [4.78, 5) is 35.0. The van der Waals surface area contributed by atoms with Crippen LogP contribution in [0.1, 0.15) is 194 Å². The van der Waals surface area contributed by atoms with Gasteiger partial charge in [0, 0.05) is 12.8 Å². The maximum Gasteiger partial charge on any atom is 0.472 e. The zero-order valence-electron chi connectivity index (χ0n) is 36.0. The SMILES string of the molecule is CCCCC/C=C\C/C=C\CCCCCCCCCCCC(=O)OC[C@H](COP(=O)(O)OC[C@@H](O)CO)OC(=O)CCCCCCC/C=C\C/C=C\CCCCC. The third kappa shape index (κ3) is 41.9. The molecule has 10 nitrogen and oxygen atoms in total. The van der Waals surface area contributed by atoms with Crippen molar-refractivity contribution in [3.05, 3.63) is 48.6 Å². The van der Waals surface area contributed by atoms with E-state index in [0.717, 1.165) is 77.0 Å². The van der Waals surface area contributed by atoms with Gasteiger partial charge in [0.15, 0.2) is 6.10 Å². The average Bonchev–Trinajstić information content (AvgIpc) is 3.20. The summed E-state index contributed by atoms with van der Waals surface area (Å²) in [6.45, 7) is 2.31. The third-order valence-corrected chi connectivity index (χ3v) is 10.4. The molecule has 0 bridgehead atoms. The van der Waals surface area contributed by atoms with Crippen LogP contribution in [0.5, 0.6) is 0 Å². The molecule has 0 aliphatic heterocycles. The zero-order valence-corrected chi connectivity index (χ0v) is 36.9. The van der Waals surface area contributed by atoms with Gasteiger partial charge in [0.25, 0.3) is 0 Å². The second kappa shape index (κ2) is 42.1. The van der Waals surface area contributed by atoms with Crippen molar-refractivity contribution in [2.45, 2.75) is 206 Å². The Morgan fingerprint density at radius 3 is 1.35 bits per heavy atom. The van der Waals surface area contributed by atoms with Crippen LogP contribution in [0.25, 0.3) is 0 Å². The largest absolute Gasteiger partial charge is 0.472 e. The Balaban J connectivity index is 4.28. The highest BCUT2D eigenvalue weighted by Crippen LogP contribution is 2.43. The number of allylic oxidation sites excluding steroid dienone is 8. The second-order valence-corrected chi connectivity index (χ2v) is 16.5. The molecule has 3 N–H and O–H groups in total. The topological polar surface area (TPSA) is 149 Å². The molecule has 0 saturated carbocycles. The van der Waals surface area contributed by atoms with Crippen molar-refractivity contribution in [2.75, 3.05) is 26.4 Å². The number of unbranched alkanes of at least 4 members (excludes halogenated alkanes) is 20. The number of aliphatic hydroxyl groups excluding tert-OH is 2. The van der Waals surface area contributed by atoms with Crippen molar-refractivity contribution < 1.29 is 47.8 Å². The zero-order chi connectivity index (χ0) is 41.9. The second-order valence-electron chi connectivity index (χ2n) is 15.1. The lowest BCUT2D eigenvalue weighted by Crippen LogP contribution is -2.29. The van der Waals surface area contributed by atoms with E-state index in [-0.39, 0.29) is 19.4 Å². The lowest BCUT2D eigenvalue weighted by Gasteiger charge is -2.20. The van der Waals surface area contributed by atoms with Gasteiger partial charge in [-0.1, -0.05) is 152 Å². The van der Waals surface area contributed by atoms with Crippen molar-refractivity contribution in [2.24, 2.45) is 0 Å². The minimum absolute atomic E-state index is 0.166. The summed E-state index contributed by atoms with van der Waals surface area (Å²) in [5, 5.41) is 18.3. The summed E-state index contributed by atoms with van der Waals surface area (Å²) in [5.74, 6) is -0.945. The molecule has 1 unspecified atom stereocenters. The van der Waals surface area contributed by atoms with Crippen molar-refractivity contribution in [3.63, 3.8) is 0 Å². The van der Waals surface area contributed by atoms with Crippen LogP contribution in [-0.4, -0.2) is 65.7 Å². The first kappa shape index (κ1) is 54.9. The Morgan fingerprint density at radius 2 is 0.912 bits per heavy atom. The summed E-state index contributed by atoms with van der Waals surface area (Å²) < 4.78 is 32.7. The van der Waals surface area contributed by atoms with Gasteiger partial charge in [-0.3, -0.25) is 18.6 Å². The van der Waals surface area contributed by atoms with E-state index in [2.05, 4.69) is 62.5 Å². The highest BCUT2D eigenvalue weighted by molar-refractivity contribution is 7.47. The summed E-state index contributed by atoms with van der Waals surface area (Å²) in [5.41, 5.74) is 0. The van der Waals surface area contributed by atoms with Gasteiger partial charge in [0.2, 0.25) is 0 Å². The predicted molar refractivity (Wildman–Crippen MR) is 233 cm³/mol. The van der Waals surface area contributed by atoms with Crippen LogP contribution in [0.15, 0.2) is 48.6 Å². The molecule has 0 fully saturated rings. The molecule has 0 saturated heterocycles. The molecule has 0 aromatic carbocycles. The number of carbonyl (C=O) groups is 2. The van der Waals surface area contributed by atoms with E-state index in [1.807, 2.05) is 0 Å². The molecule has 0 rings (SSSR count). The number of phosphoric acid groups is 1. The lowest BCUT2D eigenvalue weighted by atomic mass is 10.1. The Morgan fingerprint density at radius 1 is 0.526 bits per heavy atom. The van der Waals surface area contributed by atoms with Gasteiger partial charge >= 0.3 is 19.8 Å². The monoisotopic (exact) mass is 827 g/mol. The van der Waals surface area contributed by atoms with E-state index in [4.69, 9.17) is 23.6 Å². The van der Waals surface area contributed by atoms with Gasteiger partial charge in [-0.25, -0.2) is 4.57 Å². The minimum Gasteiger partial charge on any atom is -0.462 e. The first-order valence-corrected chi connectivity index (χ1v) is 24.1. The van der Waals surface area contributed by atoms with Crippen LogP contribution in [0.4, 0.5) is 0 Å². The van der Waals surface area contributed by atoms with E-state index in [0.29, 0.717) is 12.8 Å². The molecule has 0 spiro atoms. The Labute approximate surface area is 347 Å². The van der Waals surface area contributed by atoms with Crippen LogP contribution in [0.3, 0.4) is 0 Å². The predicted octanol–water partition coefficient (Wildman–Crippen LogP) is 12.1. The number of aliphatic hydroxyl groups is 2. The van der Waals surface area contributed by atoms with Gasteiger partial charge < -0.3 is 24.6 Å². The van der Waals surface area contributed by atoms with Crippen LogP contribution < -0.4 is 0 Å². The van der Waals surface area contributed by atoms with E-state index >= 15 is 0 Å². The van der Waals surface area contributed by atoms with Gasteiger partial charge in [-0.05, 0) is 77.0 Å². The summed E-state index contributed by atoms with van der Waals surface area (Å²) >= 11 is 0. The molecule has 0 aromatic heterocycles. The van der Waals surface area contributed by atoms with Gasteiger partial charge in [-0.2, -0.15) is 0 Å². The molecular formula is C46H83O10P. The first-order valence-electron chi connectivity index (χ1n) is 22.6. The highest BCUT2D eigenvalue weighted by Gasteiger charge is 2.27. The van der Waals surface area contributed by atoms with E-state index in [9.17, 15) is 24.2 Å². The number of carbonyl (C=O) groups excluding carboxylic acids is 2. The molecule has 0 aliphatic rings. The molecule has 0 radical (unpaired) electrons. The van der Waals surface area contributed by atoms with Crippen LogP contribution in [0.2, 0.25) is 0 Å². The molecule has 3 atom stereocenters. The summed E-state index contributed by atoms with van der Waals surface area (Å²) in [7, 11) is -4.62. The Hall–Kier alpha value is -2.07. The molecule has 332 valence electrons. The quantitative estimate of drug-likeness (QED) is 0.0235. The fourth-order valence-corrected chi connectivity index (χ4v) is 6.72. The van der Waals surface area contributed by atoms with Crippen molar-refractivity contribution in [3.8, 4) is 0 Å². The summed E-state index contributed by atoms with van der Waals surface area (Å²) in [6.07, 6.45) is 45.0. The number of phosphoric ester groups is 1. The number of hydrogen-bond donors (Lipinski definition) is 3. The van der Waals surface area contributed by atoms with Crippen LogP contribution in [0, 0.1) is 0 Å². The number of rotatable bonds is 42. The molecule has 0 aromatic rings. The normalized spacial score (nSPS) is 14.3. The molecule has 0 aliphatic carbocycles. The smallest absolute Gasteiger partial charge is 0.462 e. The fourth-order valence-electron chi connectivity index (χ4n) is 5.94. The highest BCUT2D eigenvalue weighted by atomic mass is 31.2. The van der Waals surface area contributed by atoms with Crippen LogP contribution in [-0.2, 0) is 32.7 Å². The van der Waals surface area contributed by atoms with E-state index in [1.165, 1.54) is 77.0 Å². The van der Waals surface area contributed by atoms with Crippen molar-refractivity contribution >= 4 is 19.8 Å². The van der Waals surface area contributed by atoms with Crippen molar-refractivity contribution in [1.82, 2.24) is 0 Å². The Bertz CT molecular complexity index is 1090. The van der Waals surface area contributed by atoms with Crippen LogP contribution >= 0.6 is 7.82 Å². The Kier molecular flexibility index (Phi) is 40.5. The minimum atomic E-state index is -4.62. The summed E-state index contributed by atoms with van der Waals surface area (Å²) in [6, 6.07) is 0. The number of hydrogen-bond acceptors (Lipinski definition) is 9. The number of esters is 2. The van der Waals surface area contributed by atoms with Crippen molar-refractivity contribution in [1.29, 1.82) is 0 Å². The molecule has 57 heavy (non-hydrogen) atoms. The average molecular weight is 827 g/mol.